The molecule has 7 nitrogen and oxygen atoms in total. The van der Waals surface area contributed by atoms with E-state index in [4.69, 9.17) is 10.1 Å². The second kappa shape index (κ2) is 9.69. The Bertz CT molecular complexity index is 904. The van der Waals surface area contributed by atoms with Crippen molar-refractivity contribution >= 4 is 11.4 Å². The van der Waals surface area contributed by atoms with E-state index >= 15 is 0 Å². The number of aliphatic hydroxyl groups excluding tert-OH is 1. The Labute approximate surface area is 173 Å². The van der Waals surface area contributed by atoms with Gasteiger partial charge in [0, 0.05) is 56.0 Å². The quantitative estimate of drug-likeness (QED) is 0.699. The Kier molecular flexibility index (Phi) is 7.04. The molecule has 0 saturated heterocycles. The van der Waals surface area contributed by atoms with Crippen LogP contribution in [-0.2, 0) is 6.54 Å². The van der Waals surface area contributed by atoms with Gasteiger partial charge in [0.25, 0.3) is 0 Å². The zero-order chi connectivity index (χ0) is 20.8. The van der Waals surface area contributed by atoms with E-state index in [0.29, 0.717) is 19.0 Å². The first kappa shape index (κ1) is 21.0. The molecule has 0 bridgehead atoms. The molecule has 1 aliphatic heterocycles. The van der Waals surface area contributed by atoms with Crippen LogP contribution in [0.2, 0.25) is 0 Å². The van der Waals surface area contributed by atoms with Crippen LogP contribution >= 0.6 is 0 Å². The van der Waals surface area contributed by atoms with Crippen molar-refractivity contribution in [1.29, 1.82) is 0 Å². The Hall–Kier alpha value is -2.67. The van der Waals surface area contributed by atoms with Gasteiger partial charge in [0.2, 0.25) is 0 Å². The van der Waals surface area contributed by atoms with Crippen molar-refractivity contribution < 1.29 is 5.11 Å². The van der Waals surface area contributed by atoms with Crippen molar-refractivity contribution in [3.63, 3.8) is 0 Å². The third-order valence-corrected chi connectivity index (χ3v) is 5.08. The fourth-order valence-electron chi connectivity index (χ4n) is 3.51. The summed E-state index contributed by atoms with van der Waals surface area (Å²) in [7, 11) is 2.05. The summed E-state index contributed by atoms with van der Waals surface area (Å²) in [5, 5.41) is 18.0. The normalized spacial score (nSPS) is 16.9. The summed E-state index contributed by atoms with van der Waals surface area (Å²) in [6.07, 6.45) is 15.9. The Balaban J connectivity index is 1.94. The molecule has 1 N–H and O–H groups in total. The molecular formula is C22H32N6O. The third kappa shape index (κ3) is 4.85. The Morgan fingerprint density at radius 3 is 2.66 bits per heavy atom. The molecule has 1 aliphatic rings. The van der Waals surface area contributed by atoms with E-state index in [-0.39, 0.29) is 6.61 Å². The standard InChI is InChI=1S/C22H32N6O/c1-5-8-17(3)28-15-19(13-24-28)22-21(9-6-2)26(4)16-20(25-22)18-12-23-27(14-18)10-7-11-29/h9,12-17,29H,5-8,10-11H2,1-4H3/b21-9-/t17-/m0/s1. The first-order valence-electron chi connectivity index (χ1n) is 10.5. The molecule has 1 atom stereocenters. The molecule has 3 rings (SSSR count). The zero-order valence-corrected chi connectivity index (χ0v) is 17.9. The van der Waals surface area contributed by atoms with Crippen LogP contribution in [-0.4, -0.2) is 48.9 Å². The molecule has 156 valence electrons. The SMILES string of the molecule is CC/C=C1/C(c2cnn([C@@H](C)CCC)c2)=NC(c2cnn(CCCO)c2)=CN1C. The van der Waals surface area contributed by atoms with Gasteiger partial charge in [0.05, 0.1) is 29.5 Å². The summed E-state index contributed by atoms with van der Waals surface area (Å²) < 4.78 is 3.89. The van der Waals surface area contributed by atoms with Gasteiger partial charge in [-0.2, -0.15) is 10.2 Å². The highest BCUT2D eigenvalue weighted by Crippen LogP contribution is 2.27. The summed E-state index contributed by atoms with van der Waals surface area (Å²) in [4.78, 5) is 7.12. The van der Waals surface area contributed by atoms with Crippen LogP contribution in [0.1, 0.15) is 63.6 Å². The Morgan fingerprint density at radius 2 is 1.93 bits per heavy atom. The number of hydrogen-bond donors (Lipinski definition) is 1. The van der Waals surface area contributed by atoms with Gasteiger partial charge in [-0.25, -0.2) is 4.99 Å². The molecule has 29 heavy (non-hydrogen) atoms. The van der Waals surface area contributed by atoms with Crippen LogP contribution in [0.25, 0.3) is 5.70 Å². The van der Waals surface area contributed by atoms with Crippen LogP contribution in [0.3, 0.4) is 0 Å². The number of allylic oxidation sites excluding steroid dienone is 2. The predicted octanol–water partition coefficient (Wildman–Crippen LogP) is 3.85. The highest BCUT2D eigenvalue weighted by molar-refractivity contribution is 6.15. The first-order valence-corrected chi connectivity index (χ1v) is 10.5. The van der Waals surface area contributed by atoms with Crippen molar-refractivity contribution in [2.45, 2.75) is 59.0 Å². The smallest absolute Gasteiger partial charge is 0.0974 e. The maximum atomic E-state index is 9.04. The molecule has 0 aliphatic carbocycles. The molecule has 0 aromatic carbocycles. The lowest BCUT2D eigenvalue weighted by Crippen LogP contribution is -2.23. The minimum absolute atomic E-state index is 0.161. The van der Waals surface area contributed by atoms with Gasteiger partial charge in [-0.3, -0.25) is 9.36 Å². The van der Waals surface area contributed by atoms with Crippen molar-refractivity contribution in [1.82, 2.24) is 24.5 Å². The minimum atomic E-state index is 0.161. The second-order valence-electron chi connectivity index (χ2n) is 7.50. The van der Waals surface area contributed by atoms with Crippen molar-refractivity contribution in [3.8, 4) is 0 Å². The van der Waals surface area contributed by atoms with Crippen molar-refractivity contribution in [3.05, 3.63) is 53.9 Å². The highest BCUT2D eigenvalue weighted by Gasteiger charge is 2.22. The number of aryl methyl sites for hydroxylation is 1. The molecule has 0 fully saturated rings. The number of likely N-dealkylation sites (N-methyl/N-ethyl adjacent to an activating group) is 1. The van der Waals surface area contributed by atoms with Crippen LogP contribution in [0.5, 0.6) is 0 Å². The molecule has 0 radical (unpaired) electrons. The highest BCUT2D eigenvalue weighted by atomic mass is 16.3. The number of aliphatic hydroxyl groups is 1. The number of hydrogen-bond acceptors (Lipinski definition) is 5. The van der Waals surface area contributed by atoms with E-state index in [1.165, 1.54) is 0 Å². The topological polar surface area (TPSA) is 71.5 Å². The molecule has 3 heterocycles. The van der Waals surface area contributed by atoms with Crippen molar-refractivity contribution in [2.24, 2.45) is 4.99 Å². The van der Waals surface area contributed by atoms with Gasteiger partial charge in [0.15, 0.2) is 0 Å². The van der Waals surface area contributed by atoms with Crippen LogP contribution < -0.4 is 0 Å². The fraction of sp³-hybridized carbons (Fsp3) is 0.500. The third-order valence-electron chi connectivity index (χ3n) is 5.08. The molecule has 0 amide bonds. The summed E-state index contributed by atoms with van der Waals surface area (Å²) in [5.74, 6) is 0. The number of aliphatic imine (C=N–C) groups is 1. The number of aromatic nitrogens is 4. The van der Waals surface area contributed by atoms with Crippen LogP contribution in [0.15, 0.2) is 47.8 Å². The van der Waals surface area contributed by atoms with Gasteiger partial charge in [-0.15, -0.1) is 0 Å². The van der Waals surface area contributed by atoms with Gasteiger partial charge in [0.1, 0.15) is 0 Å². The summed E-state index contributed by atoms with van der Waals surface area (Å²) >= 11 is 0. The van der Waals surface area contributed by atoms with E-state index in [9.17, 15) is 0 Å². The number of rotatable bonds is 9. The van der Waals surface area contributed by atoms with Gasteiger partial charge in [-0.1, -0.05) is 26.3 Å². The average molecular weight is 397 g/mol. The minimum Gasteiger partial charge on any atom is -0.396 e. The van der Waals surface area contributed by atoms with Crippen LogP contribution in [0, 0.1) is 0 Å². The van der Waals surface area contributed by atoms with Gasteiger partial charge in [-0.05, 0) is 26.2 Å². The molecule has 0 spiro atoms. The summed E-state index contributed by atoms with van der Waals surface area (Å²) in [6.45, 7) is 7.38. The Morgan fingerprint density at radius 1 is 1.14 bits per heavy atom. The molecule has 7 heteroatoms. The lowest BCUT2D eigenvalue weighted by molar-refractivity contribution is 0.277. The van der Waals surface area contributed by atoms with E-state index < -0.39 is 0 Å². The number of nitrogens with zero attached hydrogens (tertiary/aromatic N) is 6. The summed E-state index contributed by atoms with van der Waals surface area (Å²) in [5.41, 5.74) is 4.89. The van der Waals surface area contributed by atoms with Gasteiger partial charge < -0.3 is 10.0 Å². The zero-order valence-electron chi connectivity index (χ0n) is 17.9. The molecule has 0 saturated carbocycles. The monoisotopic (exact) mass is 396 g/mol. The van der Waals surface area contributed by atoms with E-state index in [1.807, 2.05) is 34.2 Å². The maximum Gasteiger partial charge on any atom is 0.0974 e. The predicted molar refractivity (Wildman–Crippen MR) is 116 cm³/mol. The molecule has 0 unspecified atom stereocenters. The molecule has 2 aromatic rings. The van der Waals surface area contributed by atoms with E-state index in [1.54, 1.807) is 0 Å². The molecule has 2 aromatic heterocycles. The lowest BCUT2D eigenvalue weighted by Gasteiger charge is -2.25. The summed E-state index contributed by atoms with van der Waals surface area (Å²) in [6, 6.07) is 0.369. The average Bonchev–Trinajstić information content (AvgIpc) is 3.38. The van der Waals surface area contributed by atoms with E-state index in [2.05, 4.69) is 55.2 Å². The first-order chi connectivity index (χ1) is 14.1. The fourth-order valence-corrected chi connectivity index (χ4v) is 3.51. The second-order valence-corrected chi connectivity index (χ2v) is 7.50. The molecular weight excluding hydrogens is 364 g/mol. The lowest BCUT2D eigenvalue weighted by atomic mass is 10.1. The van der Waals surface area contributed by atoms with Crippen molar-refractivity contribution in [2.75, 3.05) is 13.7 Å². The maximum absolute atomic E-state index is 9.04. The largest absolute Gasteiger partial charge is 0.396 e. The van der Waals surface area contributed by atoms with Crippen LogP contribution in [0.4, 0.5) is 0 Å². The van der Waals surface area contributed by atoms with Gasteiger partial charge >= 0.3 is 0 Å². The van der Waals surface area contributed by atoms with E-state index in [0.717, 1.165) is 47.5 Å².